The van der Waals surface area contributed by atoms with E-state index in [2.05, 4.69) is 24.3 Å². The van der Waals surface area contributed by atoms with Gasteiger partial charge >= 0.3 is 41.7 Å². The van der Waals surface area contributed by atoms with E-state index in [9.17, 15) is 0 Å². The van der Waals surface area contributed by atoms with E-state index in [4.69, 9.17) is 15.3 Å². The molecule has 0 saturated carbocycles. The molecule has 0 atom stereocenters. The first kappa shape index (κ1) is 16.9. The number of rotatable bonds is 0. The Morgan fingerprint density at radius 1 is 1.00 bits per heavy atom. The van der Waals surface area contributed by atoms with Crippen molar-refractivity contribution in [2.75, 3.05) is 0 Å². The first-order chi connectivity index (χ1) is 6.73. The molecule has 0 aromatic rings. The minimum Gasteiger partial charge on any atom is -0.356 e. The van der Waals surface area contributed by atoms with Crippen LogP contribution in [-0.2, 0) is 0 Å². The van der Waals surface area contributed by atoms with Crippen molar-refractivity contribution in [2.45, 2.75) is 12.8 Å². The first-order valence-corrected chi connectivity index (χ1v) is 3.98. The Balaban J connectivity index is 0. The summed E-state index contributed by atoms with van der Waals surface area (Å²) in [5, 5.41) is 14.8. The molecule has 2 rings (SSSR count). The second-order valence-electron chi connectivity index (χ2n) is 2.23. The molecule has 4 nitrogen and oxygen atoms in total. The predicted octanol–water partition coefficient (Wildman–Crippen LogP) is 2.37. The van der Waals surface area contributed by atoms with E-state index in [1.165, 1.54) is 0 Å². The van der Waals surface area contributed by atoms with Gasteiger partial charge in [0.1, 0.15) is 0 Å². The van der Waals surface area contributed by atoms with Crippen molar-refractivity contribution in [3.05, 3.63) is 63.9 Å². The van der Waals surface area contributed by atoms with Gasteiger partial charge in [-0.25, -0.2) is 24.3 Å². The van der Waals surface area contributed by atoms with Gasteiger partial charge in [-0.2, -0.15) is 12.2 Å². The van der Waals surface area contributed by atoms with E-state index in [0.29, 0.717) is 0 Å². The van der Waals surface area contributed by atoms with Crippen LogP contribution in [0.5, 0.6) is 0 Å². The number of allylic oxidation sites excluding steroid dienone is 8. The number of hydrogen-bond donors (Lipinski definition) is 0. The molecule has 0 unspecified atom stereocenters. The molecule has 0 heterocycles. The van der Waals surface area contributed by atoms with Gasteiger partial charge in [0.15, 0.2) is 0 Å². The summed E-state index contributed by atoms with van der Waals surface area (Å²) in [7, 11) is 0. The molecular formula is C10H10CeNO3. The number of nitrogens with zero attached hydrogens (tertiary/aromatic N) is 1. The van der Waals surface area contributed by atoms with Crippen LogP contribution in [0.1, 0.15) is 12.8 Å². The van der Waals surface area contributed by atoms with Gasteiger partial charge < -0.3 is 15.3 Å². The Morgan fingerprint density at radius 3 is 1.40 bits per heavy atom. The molecule has 0 bridgehead atoms. The molecule has 0 aromatic carbocycles. The Labute approximate surface area is 123 Å². The zero-order chi connectivity index (χ0) is 10.6. The summed E-state index contributed by atoms with van der Waals surface area (Å²) >= 11 is 0. The quantitative estimate of drug-likeness (QED) is 0.389. The summed E-state index contributed by atoms with van der Waals surface area (Å²) in [6.45, 7) is 0. The number of hydrogen-bond acceptors (Lipinski definition) is 3. The van der Waals surface area contributed by atoms with Crippen molar-refractivity contribution in [1.82, 2.24) is 0 Å². The maximum atomic E-state index is 8.25. The second kappa shape index (κ2) is 13.5. The van der Waals surface area contributed by atoms with E-state index in [0.717, 1.165) is 12.8 Å². The van der Waals surface area contributed by atoms with Crippen LogP contribution in [0.15, 0.2) is 36.5 Å². The van der Waals surface area contributed by atoms with Gasteiger partial charge in [0.2, 0.25) is 0 Å². The topological polar surface area (TPSA) is 66.2 Å². The van der Waals surface area contributed by atoms with Crippen LogP contribution in [0.25, 0.3) is 0 Å². The van der Waals surface area contributed by atoms with Gasteiger partial charge in [-0.15, -0.1) is 12.8 Å². The van der Waals surface area contributed by atoms with Gasteiger partial charge in [0.05, 0.1) is 5.09 Å². The minimum absolute atomic E-state index is 0. The van der Waals surface area contributed by atoms with E-state index in [-0.39, 0.29) is 41.7 Å². The average Bonchev–Trinajstić information content (AvgIpc) is 2.83. The first-order valence-electron chi connectivity index (χ1n) is 3.98. The van der Waals surface area contributed by atoms with E-state index >= 15 is 0 Å². The molecule has 0 amide bonds. The third kappa shape index (κ3) is 19.8. The van der Waals surface area contributed by atoms with Crippen LogP contribution in [0.4, 0.5) is 0 Å². The smallest absolute Gasteiger partial charge is 0.356 e. The average molecular weight is 332 g/mol. The molecule has 0 N–H and O–H groups in total. The normalized spacial score (nSPS) is 13.3. The Hall–Kier alpha value is -0.463. The van der Waals surface area contributed by atoms with Crippen molar-refractivity contribution in [1.29, 1.82) is 0 Å². The second-order valence-corrected chi connectivity index (χ2v) is 2.23. The van der Waals surface area contributed by atoms with Crippen LogP contribution >= 0.6 is 0 Å². The molecule has 2 aliphatic rings. The van der Waals surface area contributed by atoms with Crippen LogP contribution in [0.2, 0.25) is 0 Å². The van der Waals surface area contributed by atoms with Crippen LogP contribution < -0.4 is 0 Å². The van der Waals surface area contributed by atoms with Crippen molar-refractivity contribution in [2.24, 2.45) is 0 Å². The zero-order valence-corrected chi connectivity index (χ0v) is 11.2. The Kier molecular flexibility index (Phi) is 15.3. The fourth-order valence-corrected chi connectivity index (χ4v) is 0.680. The molecule has 2 aliphatic carbocycles. The molecule has 1 radical (unpaired) electrons. The largest absolute Gasteiger partial charge is 3.00 e. The van der Waals surface area contributed by atoms with Crippen molar-refractivity contribution in [3.8, 4) is 0 Å². The van der Waals surface area contributed by atoms with Crippen LogP contribution in [0.3, 0.4) is 0 Å². The van der Waals surface area contributed by atoms with Crippen molar-refractivity contribution >= 4 is 0 Å². The monoisotopic (exact) mass is 332 g/mol. The standard InChI is InChI=1S/2C5H5.Ce.NO3/c2*1-2-4-5-3-1;;2-1(3)4/h2*1-3H,4H2;;/q2*-1;+3;-1. The van der Waals surface area contributed by atoms with Crippen molar-refractivity contribution < 1.29 is 46.8 Å². The van der Waals surface area contributed by atoms with E-state index in [1.54, 1.807) is 0 Å². The summed E-state index contributed by atoms with van der Waals surface area (Å²) in [4.78, 5) is 8.25. The fourth-order valence-electron chi connectivity index (χ4n) is 0.680. The molecule has 0 aliphatic heterocycles. The van der Waals surface area contributed by atoms with E-state index in [1.807, 2.05) is 24.3 Å². The van der Waals surface area contributed by atoms with Crippen molar-refractivity contribution in [3.63, 3.8) is 0 Å². The Morgan fingerprint density at radius 2 is 1.33 bits per heavy atom. The summed E-state index contributed by atoms with van der Waals surface area (Å²) in [6, 6.07) is 0. The van der Waals surface area contributed by atoms with Gasteiger partial charge in [-0.05, 0) is 0 Å². The maximum Gasteiger partial charge on any atom is 3.00 e. The molecule has 0 aromatic heterocycles. The van der Waals surface area contributed by atoms with Gasteiger partial charge in [-0.3, -0.25) is 12.2 Å². The van der Waals surface area contributed by atoms with Crippen LogP contribution in [-0.4, -0.2) is 5.09 Å². The molecule has 0 fully saturated rings. The predicted molar refractivity (Wildman–Crippen MR) is 53.5 cm³/mol. The summed E-state index contributed by atoms with van der Waals surface area (Å²) < 4.78 is 0. The maximum absolute atomic E-state index is 8.25. The van der Waals surface area contributed by atoms with Gasteiger partial charge in [0, 0.05) is 0 Å². The third-order valence-electron chi connectivity index (χ3n) is 1.17. The summed E-state index contributed by atoms with van der Waals surface area (Å²) in [5.74, 6) is 0. The summed E-state index contributed by atoms with van der Waals surface area (Å²) in [5.41, 5.74) is 0. The molecule has 5 heteroatoms. The fraction of sp³-hybridized carbons (Fsp3) is 0.200. The van der Waals surface area contributed by atoms with Gasteiger partial charge in [0.25, 0.3) is 0 Å². The zero-order valence-electron chi connectivity index (χ0n) is 8.05. The summed E-state index contributed by atoms with van der Waals surface area (Å²) in [6.07, 6.45) is 20.0. The van der Waals surface area contributed by atoms with E-state index < -0.39 is 5.09 Å². The molecular weight excluding hydrogens is 322 g/mol. The molecule has 77 valence electrons. The molecule has 15 heavy (non-hydrogen) atoms. The Bertz CT molecular complexity index is 224. The molecule has 0 spiro atoms. The SMILES string of the molecule is O=[N+]([O-])[O-].[C-]1=CC=CC1.[C-]1=CC=CC1.[Ce+3]. The van der Waals surface area contributed by atoms with Gasteiger partial charge in [-0.1, -0.05) is 0 Å². The third-order valence-corrected chi connectivity index (χ3v) is 1.17. The van der Waals surface area contributed by atoms with Crippen LogP contribution in [0, 0.1) is 69.2 Å². The minimum atomic E-state index is -1.75. The molecule has 0 saturated heterocycles.